The van der Waals surface area contributed by atoms with Crippen molar-refractivity contribution in [1.82, 2.24) is 21.3 Å². The third-order valence-electron chi connectivity index (χ3n) is 9.35. The SMILES string of the molecule is C#CCOCCOCCNC(=O)CCC(CCC(=O)NCCOCCOCC#C)(CCC(=O)NCCOCCOCC#C)NC(=O)C12CCC1C(O)C2. The Bertz CT molecular complexity index is 1130. The summed E-state index contributed by atoms with van der Waals surface area (Å²) in [5, 5.41) is 22.0. The molecule has 296 valence electrons. The zero-order valence-corrected chi connectivity index (χ0v) is 30.9. The van der Waals surface area contributed by atoms with Crippen LogP contribution < -0.4 is 21.3 Å². The van der Waals surface area contributed by atoms with Gasteiger partial charge in [0.1, 0.15) is 19.8 Å². The van der Waals surface area contributed by atoms with Crippen LogP contribution >= 0.6 is 0 Å². The summed E-state index contributed by atoms with van der Waals surface area (Å²) in [5.41, 5.74) is -1.75. The smallest absolute Gasteiger partial charge is 0.227 e. The summed E-state index contributed by atoms with van der Waals surface area (Å²) < 4.78 is 31.9. The lowest BCUT2D eigenvalue weighted by Gasteiger charge is -2.60. The molecule has 0 aromatic heterocycles. The lowest BCUT2D eigenvalue weighted by molar-refractivity contribution is -0.193. The van der Waals surface area contributed by atoms with Crippen LogP contribution in [0.25, 0.3) is 0 Å². The molecule has 2 rings (SSSR count). The van der Waals surface area contributed by atoms with Crippen molar-refractivity contribution >= 4 is 23.6 Å². The number of aliphatic hydroxyl groups is 1. The standard InChI is InChI=1S/C38H58N4O11/c1-4-18-48-24-27-51-21-15-39-33(44)8-11-37(42-36(47)38-14-7-31(38)32(43)30-38,12-9-34(45)40-16-22-52-28-25-49-19-5-2)13-10-35(46)41-17-23-53-29-26-50-20-6-3/h1-3,31-32,43H,7-30H2,(H,39,44)(H,40,45)(H,41,46)(H,42,47). The fraction of sp³-hybridized carbons (Fsp3) is 0.737. The van der Waals surface area contributed by atoms with E-state index < -0.39 is 17.1 Å². The molecule has 0 heterocycles. The second kappa shape index (κ2) is 27.0. The molecule has 3 atom stereocenters. The minimum atomic E-state index is -1.07. The van der Waals surface area contributed by atoms with Crippen LogP contribution in [0.5, 0.6) is 0 Å². The highest BCUT2D eigenvalue weighted by Gasteiger charge is 2.64. The molecule has 15 heteroatoms. The minimum Gasteiger partial charge on any atom is -0.393 e. The van der Waals surface area contributed by atoms with Crippen molar-refractivity contribution in [2.75, 3.05) is 98.9 Å². The van der Waals surface area contributed by atoms with Gasteiger partial charge in [0.25, 0.3) is 0 Å². The molecule has 2 aliphatic rings. The number of hydrogen-bond acceptors (Lipinski definition) is 11. The summed E-state index contributed by atoms with van der Waals surface area (Å²) in [6, 6.07) is 0. The van der Waals surface area contributed by atoms with Crippen LogP contribution in [0.1, 0.15) is 57.8 Å². The summed E-state index contributed by atoms with van der Waals surface area (Å²) in [4.78, 5) is 52.8. The molecular formula is C38H58N4O11. The molecule has 3 unspecified atom stereocenters. The quantitative estimate of drug-likeness (QED) is 0.0449. The van der Waals surface area contributed by atoms with E-state index in [0.717, 1.165) is 6.42 Å². The van der Waals surface area contributed by atoms with Crippen molar-refractivity contribution in [2.45, 2.75) is 69.4 Å². The van der Waals surface area contributed by atoms with Crippen molar-refractivity contribution in [2.24, 2.45) is 11.3 Å². The Morgan fingerprint density at radius 3 is 1.30 bits per heavy atom. The van der Waals surface area contributed by atoms with Crippen LogP contribution in [0.15, 0.2) is 0 Å². The number of amides is 4. The van der Waals surface area contributed by atoms with Crippen LogP contribution in [0.3, 0.4) is 0 Å². The molecule has 2 fully saturated rings. The summed E-state index contributed by atoms with van der Waals surface area (Å²) in [7, 11) is 0. The van der Waals surface area contributed by atoms with Gasteiger partial charge in [-0.2, -0.15) is 0 Å². The maximum absolute atomic E-state index is 13.9. The van der Waals surface area contributed by atoms with E-state index in [1.54, 1.807) is 0 Å². The molecule has 2 saturated carbocycles. The zero-order chi connectivity index (χ0) is 38.6. The number of nitrogens with one attached hydrogen (secondary N) is 4. The number of ether oxygens (including phenoxy) is 6. The van der Waals surface area contributed by atoms with Gasteiger partial charge >= 0.3 is 0 Å². The zero-order valence-electron chi connectivity index (χ0n) is 30.9. The predicted octanol–water partition coefficient (Wildman–Crippen LogP) is -0.309. The van der Waals surface area contributed by atoms with E-state index in [2.05, 4.69) is 39.0 Å². The van der Waals surface area contributed by atoms with Crippen molar-refractivity contribution in [3.8, 4) is 37.0 Å². The maximum atomic E-state index is 13.9. The van der Waals surface area contributed by atoms with E-state index in [-0.39, 0.29) is 127 Å². The average molecular weight is 747 g/mol. The number of terminal acetylenes is 3. The average Bonchev–Trinajstić information content (AvgIpc) is 3.14. The summed E-state index contributed by atoms with van der Waals surface area (Å²) >= 11 is 0. The highest BCUT2D eigenvalue weighted by Crippen LogP contribution is 2.61. The molecule has 0 radical (unpaired) electrons. The molecule has 0 spiro atoms. The number of hydrogen-bond donors (Lipinski definition) is 5. The lowest BCUT2D eigenvalue weighted by Crippen LogP contribution is -2.68. The van der Waals surface area contributed by atoms with Gasteiger partial charge in [-0.25, -0.2) is 0 Å². The Hall–Kier alpha value is -3.72. The second-order valence-electron chi connectivity index (χ2n) is 13.0. The first kappa shape index (κ1) is 45.4. The molecule has 53 heavy (non-hydrogen) atoms. The summed E-state index contributed by atoms with van der Waals surface area (Å²) in [5.74, 6) is 5.97. The Labute approximate surface area is 314 Å². The predicted molar refractivity (Wildman–Crippen MR) is 195 cm³/mol. The molecule has 0 saturated heterocycles. The molecule has 5 N–H and O–H groups in total. The Morgan fingerprint density at radius 2 is 1.00 bits per heavy atom. The first-order valence-corrected chi connectivity index (χ1v) is 18.3. The van der Waals surface area contributed by atoms with E-state index in [4.69, 9.17) is 47.7 Å². The van der Waals surface area contributed by atoms with Crippen LogP contribution in [-0.4, -0.2) is 139 Å². The molecule has 0 bridgehead atoms. The highest BCUT2D eigenvalue weighted by atomic mass is 16.5. The molecule has 0 aromatic rings. The van der Waals surface area contributed by atoms with Crippen molar-refractivity contribution in [3.05, 3.63) is 0 Å². The van der Waals surface area contributed by atoms with Gasteiger partial charge in [0, 0.05) is 44.4 Å². The van der Waals surface area contributed by atoms with Crippen molar-refractivity contribution in [3.63, 3.8) is 0 Å². The minimum absolute atomic E-state index is 0.0268. The number of carbonyl (C=O) groups excluding carboxylic acids is 4. The van der Waals surface area contributed by atoms with E-state index in [0.29, 0.717) is 52.5 Å². The fourth-order valence-corrected chi connectivity index (χ4v) is 6.30. The molecular weight excluding hydrogens is 688 g/mol. The largest absolute Gasteiger partial charge is 0.393 e. The number of carbonyl (C=O) groups is 4. The Morgan fingerprint density at radius 1 is 0.623 bits per heavy atom. The molecule has 4 amide bonds. The van der Waals surface area contributed by atoms with Crippen LogP contribution in [0, 0.1) is 48.4 Å². The van der Waals surface area contributed by atoms with Gasteiger partial charge in [-0.1, -0.05) is 17.8 Å². The first-order valence-electron chi connectivity index (χ1n) is 18.3. The van der Waals surface area contributed by atoms with Crippen LogP contribution in [0.2, 0.25) is 0 Å². The van der Waals surface area contributed by atoms with Gasteiger partial charge in [0.2, 0.25) is 23.6 Å². The van der Waals surface area contributed by atoms with Crippen molar-refractivity contribution in [1.29, 1.82) is 0 Å². The molecule has 15 nitrogen and oxygen atoms in total. The highest BCUT2D eigenvalue weighted by molar-refractivity contribution is 5.86. The number of rotatable bonds is 32. The van der Waals surface area contributed by atoms with Gasteiger partial charge in [-0.15, -0.1) is 19.3 Å². The topological polar surface area (TPSA) is 192 Å². The van der Waals surface area contributed by atoms with Crippen LogP contribution in [0.4, 0.5) is 0 Å². The molecule has 0 aromatic carbocycles. The third-order valence-corrected chi connectivity index (χ3v) is 9.35. The van der Waals surface area contributed by atoms with Gasteiger partial charge in [-0.05, 0) is 44.4 Å². The Balaban J connectivity index is 2.03. The van der Waals surface area contributed by atoms with E-state index in [1.807, 2.05) is 0 Å². The van der Waals surface area contributed by atoms with E-state index in [1.165, 1.54) is 0 Å². The first-order chi connectivity index (χ1) is 25.7. The van der Waals surface area contributed by atoms with Gasteiger partial charge in [0.05, 0.1) is 71.0 Å². The monoisotopic (exact) mass is 746 g/mol. The molecule has 2 aliphatic carbocycles. The normalized spacial score (nSPS) is 18.5. The fourth-order valence-electron chi connectivity index (χ4n) is 6.30. The number of aliphatic hydroxyl groups excluding tert-OH is 1. The number of fused-ring (bicyclic) bond motifs is 1. The van der Waals surface area contributed by atoms with E-state index in [9.17, 15) is 24.3 Å². The van der Waals surface area contributed by atoms with E-state index >= 15 is 0 Å². The summed E-state index contributed by atoms with van der Waals surface area (Å²) in [6.07, 6.45) is 17.3. The lowest BCUT2D eigenvalue weighted by atomic mass is 9.45. The molecule has 0 aliphatic heterocycles. The van der Waals surface area contributed by atoms with Gasteiger partial charge in [0.15, 0.2) is 0 Å². The summed E-state index contributed by atoms with van der Waals surface area (Å²) in [6.45, 7) is 4.17. The third kappa shape index (κ3) is 17.8. The van der Waals surface area contributed by atoms with Crippen molar-refractivity contribution < 1.29 is 52.7 Å². The van der Waals surface area contributed by atoms with Gasteiger partial charge in [-0.3, -0.25) is 19.2 Å². The van der Waals surface area contributed by atoms with Crippen LogP contribution in [-0.2, 0) is 47.6 Å². The Kier molecular flexibility index (Phi) is 23.1. The maximum Gasteiger partial charge on any atom is 0.227 e. The van der Waals surface area contributed by atoms with Gasteiger partial charge < -0.3 is 54.8 Å². The second-order valence-corrected chi connectivity index (χ2v) is 13.0.